The summed E-state index contributed by atoms with van der Waals surface area (Å²) >= 11 is 5.25. The third-order valence-electron chi connectivity index (χ3n) is 4.37. The quantitative estimate of drug-likeness (QED) is 0.638. The molecule has 0 saturated carbocycles. The molecule has 1 aliphatic heterocycles. The number of carbonyl (C=O) groups excluding carboxylic acids is 1. The number of hydrogen-bond acceptors (Lipinski definition) is 4. The number of hydrogen-bond donors (Lipinski definition) is 2. The summed E-state index contributed by atoms with van der Waals surface area (Å²) in [5, 5.41) is 6.46. The van der Waals surface area contributed by atoms with Crippen LogP contribution in [0.4, 0.5) is 8.78 Å². The Kier molecular flexibility index (Phi) is 7.56. The second-order valence-corrected chi connectivity index (χ2v) is 6.47. The molecule has 0 spiro atoms. The average Bonchev–Trinajstić information content (AvgIpc) is 2.63. The molecule has 0 fully saturated rings. The van der Waals surface area contributed by atoms with Crippen LogP contribution in [0.25, 0.3) is 0 Å². The third-order valence-corrected chi connectivity index (χ3v) is 4.59. The van der Waals surface area contributed by atoms with Crippen molar-refractivity contribution >= 4 is 23.2 Å². The van der Waals surface area contributed by atoms with Crippen molar-refractivity contribution < 1.29 is 23.0 Å². The van der Waals surface area contributed by atoms with Crippen LogP contribution in [0.3, 0.4) is 0 Å². The lowest BCUT2D eigenvalue weighted by atomic mass is 9.94. The van der Waals surface area contributed by atoms with E-state index in [-0.39, 0.29) is 24.0 Å². The largest absolute Gasteiger partial charge is 0.490 e. The van der Waals surface area contributed by atoms with E-state index >= 15 is 0 Å². The van der Waals surface area contributed by atoms with Gasteiger partial charge in [-0.2, -0.15) is 8.78 Å². The lowest BCUT2D eigenvalue weighted by Gasteiger charge is -2.33. The van der Waals surface area contributed by atoms with Crippen molar-refractivity contribution in [1.29, 1.82) is 0 Å². The fraction of sp³-hybridized carbons (Fsp3) is 0.474. The van der Waals surface area contributed by atoms with Gasteiger partial charge in [0, 0.05) is 18.8 Å². The smallest absolute Gasteiger partial charge is 0.387 e. The van der Waals surface area contributed by atoms with Crippen molar-refractivity contribution in [3.63, 3.8) is 0 Å². The van der Waals surface area contributed by atoms with Gasteiger partial charge in [0.25, 0.3) is 5.91 Å². The monoisotopic (exact) mass is 413 g/mol. The van der Waals surface area contributed by atoms with Gasteiger partial charge in [-0.15, -0.1) is 0 Å². The number of allylic oxidation sites excluding steroid dienone is 1. The number of benzene rings is 1. The Morgan fingerprint density at radius 3 is 2.50 bits per heavy atom. The van der Waals surface area contributed by atoms with Crippen molar-refractivity contribution in [3.8, 4) is 11.5 Å². The van der Waals surface area contributed by atoms with E-state index in [2.05, 4.69) is 15.4 Å². The third kappa shape index (κ3) is 4.89. The minimum absolute atomic E-state index is 0.0607. The number of ether oxygens (including phenoxy) is 2. The standard InChI is InChI=1S/C19H25F2N3O3S/c1-5-24(6-2)17(25)15-11(4)22-19(28)23-16(15)12-8-9-13(27-18(20)21)14(10-12)26-7-3/h8-10,16,18H,5-7H2,1-4H3,(H2,22,23,28)/t16-/m1/s1. The molecule has 1 aliphatic rings. The molecule has 2 N–H and O–H groups in total. The maximum absolute atomic E-state index is 13.1. The molecule has 1 atom stereocenters. The van der Waals surface area contributed by atoms with Gasteiger partial charge in [0.05, 0.1) is 18.2 Å². The van der Waals surface area contributed by atoms with E-state index in [0.29, 0.717) is 35.0 Å². The normalized spacial score (nSPS) is 16.5. The van der Waals surface area contributed by atoms with Crippen LogP contribution < -0.4 is 20.1 Å². The molecule has 1 heterocycles. The predicted molar refractivity (Wildman–Crippen MR) is 106 cm³/mol. The van der Waals surface area contributed by atoms with Crippen molar-refractivity contribution in [3.05, 3.63) is 35.0 Å². The summed E-state index contributed by atoms with van der Waals surface area (Å²) in [6, 6.07) is 4.08. The number of alkyl halides is 2. The Balaban J connectivity index is 2.50. The van der Waals surface area contributed by atoms with Gasteiger partial charge in [-0.05, 0) is 57.6 Å². The van der Waals surface area contributed by atoms with Gasteiger partial charge in [-0.1, -0.05) is 6.07 Å². The van der Waals surface area contributed by atoms with Gasteiger partial charge in [-0.25, -0.2) is 0 Å². The first kappa shape index (κ1) is 21.9. The molecule has 0 aliphatic carbocycles. The molecule has 28 heavy (non-hydrogen) atoms. The molecule has 6 nitrogen and oxygen atoms in total. The SMILES string of the molecule is CCOc1cc([C@H]2NC(=S)NC(C)=C2C(=O)N(CC)CC)ccc1OC(F)F. The fourth-order valence-corrected chi connectivity index (χ4v) is 3.35. The van der Waals surface area contributed by atoms with E-state index in [1.165, 1.54) is 6.07 Å². The summed E-state index contributed by atoms with van der Waals surface area (Å²) in [5.41, 5.74) is 1.82. The number of likely N-dealkylation sites (N-methyl/N-ethyl adjacent to an activating group) is 1. The van der Waals surface area contributed by atoms with Crippen LogP contribution in [0.2, 0.25) is 0 Å². The van der Waals surface area contributed by atoms with Crippen molar-refractivity contribution in [2.24, 2.45) is 0 Å². The topological polar surface area (TPSA) is 62.8 Å². The second kappa shape index (κ2) is 9.68. The summed E-state index contributed by atoms with van der Waals surface area (Å²) in [6.45, 7) is 5.79. The zero-order valence-corrected chi connectivity index (χ0v) is 17.2. The molecule has 0 unspecified atom stereocenters. The molecule has 154 valence electrons. The highest BCUT2D eigenvalue weighted by Crippen LogP contribution is 2.35. The van der Waals surface area contributed by atoms with Gasteiger partial charge in [0.1, 0.15) is 0 Å². The van der Waals surface area contributed by atoms with E-state index < -0.39 is 12.7 Å². The maximum Gasteiger partial charge on any atom is 0.387 e. The molecule has 1 amide bonds. The summed E-state index contributed by atoms with van der Waals surface area (Å²) < 4.78 is 35.3. The molecule has 0 radical (unpaired) electrons. The Morgan fingerprint density at radius 2 is 1.93 bits per heavy atom. The van der Waals surface area contributed by atoms with Crippen LogP contribution in [0, 0.1) is 0 Å². The molecule has 0 saturated heterocycles. The van der Waals surface area contributed by atoms with Gasteiger partial charge in [0.15, 0.2) is 16.6 Å². The Hall–Kier alpha value is -2.42. The summed E-state index contributed by atoms with van der Waals surface area (Å²) in [7, 11) is 0. The van der Waals surface area contributed by atoms with Gasteiger partial charge >= 0.3 is 6.61 Å². The molecule has 1 aromatic rings. The predicted octanol–water partition coefficient (Wildman–Crippen LogP) is 3.35. The minimum atomic E-state index is -2.96. The summed E-state index contributed by atoms with van der Waals surface area (Å²) in [5.74, 6) is -0.00542. The molecule has 9 heteroatoms. The molecule has 0 bridgehead atoms. The van der Waals surface area contributed by atoms with Crippen LogP contribution in [0.15, 0.2) is 29.5 Å². The highest BCUT2D eigenvalue weighted by atomic mass is 32.1. The molecule has 0 aromatic heterocycles. The van der Waals surface area contributed by atoms with E-state index in [4.69, 9.17) is 17.0 Å². The van der Waals surface area contributed by atoms with Crippen LogP contribution in [0.5, 0.6) is 11.5 Å². The number of nitrogens with zero attached hydrogens (tertiary/aromatic N) is 1. The molecule has 1 aromatic carbocycles. The van der Waals surface area contributed by atoms with Crippen molar-refractivity contribution in [2.75, 3.05) is 19.7 Å². The van der Waals surface area contributed by atoms with Crippen LogP contribution >= 0.6 is 12.2 Å². The van der Waals surface area contributed by atoms with Gasteiger partial charge in [-0.3, -0.25) is 4.79 Å². The first-order chi connectivity index (χ1) is 13.3. The zero-order chi connectivity index (χ0) is 20.8. The summed E-state index contributed by atoms with van der Waals surface area (Å²) in [4.78, 5) is 14.8. The first-order valence-electron chi connectivity index (χ1n) is 9.11. The fourth-order valence-electron chi connectivity index (χ4n) is 3.07. The number of rotatable bonds is 8. The van der Waals surface area contributed by atoms with Crippen LogP contribution in [0.1, 0.15) is 39.3 Å². The Bertz CT molecular complexity index is 767. The second-order valence-electron chi connectivity index (χ2n) is 6.07. The lowest BCUT2D eigenvalue weighted by molar-refractivity contribution is -0.127. The number of amides is 1. The van der Waals surface area contributed by atoms with E-state index in [1.807, 2.05) is 13.8 Å². The Morgan fingerprint density at radius 1 is 1.25 bits per heavy atom. The number of nitrogens with one attached hydrogen (secondary N) is 2. The highest BCUT2D eigenvalue weighted by molar-refractivity contribution is 7.80. The van der Waals surface area contributed by atoms with Crippen LogP contribution in [-0.4, -0.2) is 42.2 Å². The molecular weight excluding hydrogens is 388 g/mol. The van der Waals surface area contributed by atoms with E-state index in [9.17, 15) is 13.6 Å². The Labute approximate surface area is 168 Å². The van der Waals surface area contributed by atoms with Crippen molar-refractivity contribution in [2.45, 2.75) is 40.3 Å². The van der Waals surface area contributed by atoms with Crippen molar-refractivity contribution in [1.82, 2.24) is 15.5 Å². The highest BCUT2D eigenvalue weighted by Gasteiger charge is 2.32. The van der Waals surface area contributed by atoms with E-state index in [0.717, 1.165) is 0 Å². The summed E-state index contributed by atoms with van der Waals surface area (Å²) in [6.07, 6.45) is 0. The number of halogens is 2. The number of carbonyl (C=O) groups is 1. The lowest BCUT2D eigenvalue weighted by Crippen LogP contribution is -2.47. The van der Waals surface area contributed by atoms with Gasteiger partial charge < -0.3 is 25.0 Å². The van der Waals surface area contributed by atoms with Crippen LogP contribution in [-0.2, 0) is 4.79 Å². The maximum atomic E-state index is 13.1. The minimum Gasteiger partial charge on any atom is -0.490 e. The zero-order valence-electron chi connectivity index (χ0n) is 16.3. The molecule has 2 rings (SSSR count). The molecular formula is C19H25F2N3O3S. The first-order valence-corrected chi connectivity index (χ1v) is 9.52. The van der Waals surface area contributed by atoms with Gasteiger partial charge in [0.2, 0.25) is 0 Å². The van der Waals surface area contributed by atoms with E-state index in [1.54, 1.807) is 30.9 Å². The number of thiocarbonyl (C=S) groups is 1. The average molecular weight is 413 g/mol.